The van der Waals surface area contributed by atoms with Crippen LogP contribution in [-0.2, 0) is 19.2 Å². The zero-order chi connectivity index (χ0) is 25.9. The van der Waals surface area contributed by atoms with Crippen LogP contribution < -0.4 is 45.1 Å². The molecule has 0 unspecified atom stereocenters. The summed E-state index contributed by atoms with van der Waals surface area (Å²) >= 11 is 0. The average Bonchev–Trinajstić information content (AvgIpc) is 2.85. The van der Waals surface area contributed by atoms with E-state index in [1.807, 2.05) is 0 Å². The van der Waals surface area contributed by atoms with Crippen LogP contribution in [0.3, 0.4) is 0 Å². The molecule has 36 heavy (non-hydrogen) atoms. The molecule has 0 heterocycles. The lowest BCUT2D eigenvalue weighted by Gasteiger charge is -2.60. The summed E-state index contributed by atoms with van der Waals surface area (Å²) in [5.41, 5.74) is 7.42. The van der Waals surface area contributed by atoms with Gasteiger partial charge in [0.1, 0.15) is 0 Å². The van der Waals surface area contributed by atoms with E-state index in [1.165, 1.54) is 0 Å². The van der Waals surface area contributed by atoms with Gasteiger partial charge in [0.2, 0.25) is 23.6 Å². The number of hydrazine groups is 4. The van der Waals surface area contributed by atoms with Crippen LogP contribution in [0.15, 0.2) is 0 Å². The van der Waals surface area contributed by atoms with Gasteiger partial charge < -0.3 is 0 Å². The summed E-state index contributed by atoms with van der Waals surface area (Å²) in [4.78, 5) is 48.5. The third-order valence-electron chi connectivity index (χ3n) is 10.6. The van der Waals surface area contributed by atoms with Gasteiger partial charge in [-0.15, -0.1) is 0 Å². The molecule has 8 aliphatic carbocycles. The molecule has 8 saturated carbocycles. The van der Waals surface area contributed by atoms with E-state index in [0.717, 1.165) is 64.2 Å². The molecular formula is C24H40N8O4. The summed E-state index contributed by atoms with van der Waals surface area (Å²) < 4.78 is 0. The molecular weight excluding hydrogens is 464 g/mol. The molecule has 0 aromatic heterocycles. The van der Waals surface area contributed by atoms with Crippen molar-refractivity contribution in [3.63, 3.8) is 0 Å². The summed E-state index contributed by atoms with van der Waals surface area (Å²) in [7, 11) is 0. The van der Waals surface area contributed by atoms with Crippen LogP contribution in [-0.4, -0.2) is 23.6 Å². The van der Waals surface area contributed by atoms with E-state index < -0.39 is 21.7 Å². The number of nitrogens with one attached hydrogen (secondary N) is 4. The molecule has 4 amide bonds. The zero-order valence-electron chi connectivity index (χ0n) is 20.7. The van der Waals surface area contributed by atoms with Crippen molar-refractivity contribution < 1.29 is 19.2 Å². The lowest BCUT2D eigenvalue weighted by atomic mass is 9.43. The Morgan fingerprint density at radius 3 is 0.806 bits per heavy atom. The minimum Gasteiger partial charge on any atom is -0.294 e. The van der Waals surface area contributed by atoms with Gasteiger partial charge in [-0.05, 0) is 101 Å². The Balaban J connectivity index is 0.000000148. The molecule has 0 atom stereocenters. The van der Waals surface area contributed by atoms with Crippen molar-refractivity contribution in [2.45, 2.75) is 77.0 Å². The summed E-state index contributed by atoms with van der Waals surface area (Å²) in [5.74, 6) is 22.7. The first-order valence-electron chi connectivity index (χ1n) is 13.1. The Morgan fingerprint density at radius 2 is 0.639 bits per heavy atom. The lowest BCUT2D eigenvalue weighted by molar-refractivity contribution is -0.168. The largest absolute Gasteiger partial charge is 0.294 e. The van der Waals surface area contributed by atoms with E-state index in [-0.39, 0.29) is 23.6 Å². The highest BCUT2D eigenvalue weighted by molar-refractivity contribution is 5.88. The SMILES string of the molecule is NNC(=O)C12CC3CC(C1)CC(C(=O)NN)(C3)C2.NNC(=O)C12CC3CC(C1)CC(C(=O)NN)(C3)C2. The first-order valence-corrected chi connectivity index (χ1v) is 13.1. The van der Waals surface area contributed by atoms with Crippen molar-refractivity contribution in [3.8, 4) is 0 Å². The molecule has 8 rings (SSSR count). The topological polar surface area (TPSA) is 220 Å². The molecule has 0 aromatic rings. The molecule has 8 aliphatic rings. The van der Waals surface area contributed by atoms with Crippen molar-refractivity contribution in [1.82, 2.24) is 21.7 Å². The number of rotatable bonds is 4. The van der Waals surface area contributed by atoms with Gasteiger partial charge in [0.05, 0.1) is 21.7 Å². The van der Waals surface area contributed by atoms with Gasteiger partial charge in [-0.1, -0.05) is 0 Å². The summed E-state index contributed by atoms with van der Waals surface area (Å²) in [6.07, 6.45) is 10.4. The Kier molecular flexibility index (Phi) is 6.09. The summed E-state index contributed by atoms with van der Waals surface area (Å²) in [6.45, 7) is 0. The maximum absolute atomic E-state index is 12.1. The molecule has 12 N–H and O–H groups in total. The highest BCUT2D eigenvalue weighted by Crippen LogP contribution is 2.66. The number of amides is 4. The molecule has 0 aromatic carbocycles. The van der Waals surface area contributed by atoms with Crippen LogP contribution in [0.25, 0.3) is 0 Å². The monoisotopic (exact) mass is 504 g/mol. The molecule has 8 fully saturated rings. The molecule has 200 valence electrons. The fraction of sp³-hybridized carbons (Fsp3) is 0.833. The van der Waals surface area contributed by atoms with Crippen molar-refractivity contribution >= 4 is 23.6 Å². The Morgan fingerprint density at radius 1 is 0.444 bits per heavy atom. The van der Waals surface area contributed by atoms with Gasteiger partial charge in [0, 0.05) is 0 Å². The molecule has 0 aliphatic heterocycles. The summed E-state index contributed by atoms with van der Waals surface area (Å²) in [5, 5.41) is 0. The van der Waals surface area contributed by atoms with Crippen LogP contribution >= 0.6 is 0 Å². The third kappa shape index (κ3) is 3.72. The number of hydrogen-bond acceptors (Lipinski definition) is 8. The number of hydrogen-bond donors (Lipinski definition) is 8. The van der Waals surface area contributed by atoms with Crippen molar-refractivity contribution in [1.29, 1.82) is 0 Å². The standard InChI is InChI=1S/2C12H20N4O2/c2*13-15-9(17)11-2-7-1-8(4-11)5-12(3-7,6-11)10(18)16-14/h2*7-8H,1-6,13-14H2,(H,15,17)(H,16,18). The second-order valence-electron chi connectivity index (χ2n) is 12.9. The number of carbonyl (C=O) groups is 4. The quantitative estimate of drug-likeness (QED) is 0.136. The predicted octanol–water partition coefficient (Wildman–Crippen LogP) is -0.894. The van der Waals surface area contributed by atoms with Gasteiger partial charge in [-0.25, -0.2) is 23.4 Å². The van der Waals surface area contributed by atoms with Crippen molar-refractivity contribution in [3.05, 3.63) is 0 Å². The van der Waals surface area contributed by atoms with E-state index in [9.17, 15) is 19.2 Å². The van der Waals surface area contributed by atoms with Crippen LogP contribution in [0, 0.1) is 45.3 Å². The maximum atomic E-state index is 12.1. The zero-order valence-corrected chi connectivity index (χ0v) is 20.7. The first kappa shape index (κ1) is 25.4. The van der Waals surface area contributed by atoms with E-state index in [0.29, 0.717) is 36.5 Å². The smallest absolute Gasteiger partial charge is 0.240 e. The van der Waals surface area contributed by atoms with Crippen molar-refractivity contribution in [2.24, 2.45) is 68.7 Å². The predicted molar refractivity (Wildman–Crippen MR) is 128 cm³/mol. The molecule has 0 saturated heterocycles. The fourth-order valence-electron chi connectivity index (χ4n) is 10.2. The van der Waals surface area contributed by atoms with E-state index >= 15 is 0 Å². The van der Waals surface area contributed by atoms with E-state index in [4.69, 9.17) is 23.4 Å². The highest BCUT2D eigenvalue weighted by Gasteiger charge is 2.64. The second-order valence-corrected chi connectivity index (χ2v) is 12.9. The number of carbonyl (C=O) groups excluding carboxylic acids is 4. The van der Waals surface area contributed by atoms with E-state index in [1.54, 1.807) is 0 Å². The Hall–Kier alpha value is -2.28. The van der Waals surface area contributed by atoms with Crippen LogP contribution in [0.5, 0.6) is 0 Å². The maximum Gasteiger partial charge on any atom is 0.240 e. The van der Waals surface area contributed by atoms with Crippen LogP contribution in [0.4, 0.5) is 0 Å². The van der Waals surface area contributed by atoms with E-state index in [2.05, 4.69) is 21.7 Å². The van der Waals surface area contributed by atoms with Gasteiger partial charge in [-0.2, -0.15) is 0 Å². The van der Waals surface area contributed by atoms with Crippen LogP contribution in [0.2, 0.25) is 0 Å². The van der Waals surface area contributed by atoms with Crippen molar-refractivity contribution in [2.75, 3.05) is 0 Å². The minimum absolute atomic E-state index is 0.106. The Labute approximate surface area is 210 Å². The highest BCUT2D eigenvalue weighted by atomic mass is 16.2. The fourth-order valence-corrected chi connectivity index (χ4v) is 10.2. The second kappa shape index (κ2) is 8.64. The molecule has 0 spiro atoms. The van der Waals surface area contributed by atoms with Gasteiger partial charge in [0.25, 0.3) is 0 Å². The first-order chi connectivity index (χ1) is 17.1. The summed E-state index contributed by atoms with van der Waals surface area (Å²) in [6, 6.07) is 0. The Bertz CT molecular complexity index is 798. The van der Waals surface area contributed by atoms with Crippen LogP contribution in [0.1, 0.15) is 77.0 Å². The molecule has 12 heteroatoms. The lowest BCUT2D eigenvalue weighted by Crippen LogP contribution is -2.62. The minimum atomic E-state index is -0.439. The van der Waals surface area contributed by atoms with Gasteiger partial charge >= 0.3 is 0 Å². The molecule has 12 nitrogen and oxygen atoms in total. The normalized spacial score (nSPS) is 44.8. The number of nitrogens with two attached hydrogens (primary N) is 4. The average molecular weight is 505 g/mol. The molecule has 0 radical (unpaired) electrons. The van der Waals surface area contributed by atoms with Gasteiger partial charge in [0.15, 0.2) is 0 Å². The van der Waals surface area contributed by atoms with Gasteiger partial charge in [-0.3, -0.25) is 40.9 Å². The third-order valence-corrected chi connectivity index (χ3v) is 10.6. The molecule has 8 bridgehead atoms.